The molecule has 4 heteroatoms. The predicted octanol–water partition coefficient (Wildman–Crippen LogP) is 11.6. The molecule has 0 atom stereocenters. The van der Waals surface area contributed by atoms with Crippen LogP contribution in [0.2, 0.25) is 0 Å². The molecule has 8 rings (SSSR count). The number of aromatic nitrogens is 3. The summed E-state index contributed by atoms with van der Waals surface area (Å²) in [5.74, 6) is 1.94. The molecule has 1 heterocycles. The summed E-state index contributed by atoms with van der Waals surface area (Å²) in [7, 11) is 0. The van der Waals surface area contributed by atoms with Gasteiger partial charge in [0.05, 0.1) is 6.57 Å². The average molecular weight is 613 g/mol. The van der Waals surface area contributed by atoms with Crippen molar-refractivity contribution in [2.45, 2.75) is 0 Å². The van der Waals surface area contributed by atoms with Crippen molar-refractivity contribution >= 4 is 16.5 Å². The quantitative estimate of drug-likeness (QED) is 0.175. The number of hydrogen-bond donors (Lipinski definition) is 0. The van der Waals surface area contributed by atoms with Crippen molar-refractivity contribution < 1.29 is 0 Å². The van der Waals surface area contributed by atoms with Crippen LogP contribution in [-0.4, -0.2) is 15.0 Å². The van der Waals surface area contributed by atoms with Crippen molar-refractivity contribution in [3.8, 4) is 67.5 Å². The Morgan fingerprint density at radius 1 is 0.354 bits per heavy atom. The van der Waals surface area contributed by atoms with Crippen molar-refractivity contribution in [1.82, 2.24) is 15.0 Å². The van der Waals surface area contributed by atoms with Crippen LogP contribution in [0.3, 0.4) is 0 Å². The highest BCUT2D eigenvalue weighted by Gasteiger charge is 2.13. The van der Waals surface area contributed by atoms with E-state index in [1.807, 2.05) is 84.9 Å². The number of benzene rings is 7. The number of fused-ring (bicyclic) bond motifs is 1. The topological polar surface area (TPSA) is 43.0 Å². The van der Waals surface area contributed by atoms with Gasteiger partial charge in [-0.05, 0) is 50.2 Å². The van der Waals surface area contributed by atoms with Crippen LogP contribution in [0.15, 0.2) is 170 Å². The smallest absolute Gasteiger partial charge is 0.194 e. The van der Waals surface area contributed by atoms with Crippen LogP contribution in [-0.2, 0) is 0 Å². The Labute approximate surface area is 279 Å². The summed E-state index contributed by atoms with van der Waals surface area (Å²) in [6.07, 6.45) is 0. The molecule has 0 saturated carbocycles. The van der Waals surface area contributed by atoms with E-state index in [0.717, 1.165) is 44.5 Å². The van der Waals surface area contributed by atoms with Gasteiger partial charge in [0.15, 0.2) is 23.2 Å². The molecule has 224 valence electrons. The maximum Gasteiger partial charge on any atom is 0.194 e. The van der Waals surface area contributed by atoms with E-state index >= 15 is 0 Å². The molecule has 0 N–H and O–H groups in total. The molecule has 0 unspecified atom stereocenters. The molecule has 0 fully saturated rings. The molecule has 4 nitrogen and oxygen atoms in total. The first-order valence-corrected chi connectivity index (χ1v) is 15.8. The zero-order valence-corrected chi connectivity index (χ0v) is 26.0. The van der Waals surface area contributed by atoms with Crippen LogP contribution in [0, 0.1) is 6.57 Å². The summed E-state index contributed by atoms with van der Waals surface area (Å²) < 4.78 is 0. The molecule has 0 saturated heterocycles. The SMILES string of the molecule is [C-]#[N+]c1ccccc1-c1ccc(-c2cccc3cc(-c4ccc(-c5nc(-c6ccccc6)nc(-c6ccccc6)n5)cc4)ccc23)cc1. The van der Waals surface area contributed by atoms with E-state index < -0.39 is 0 Å². The van der Waals surface area contributed by atoms with Crippen LogP contribution in [0.25, 0.3) is 83.2 Å². The molecule has 0 aliphatic heterocycles. The van der Waals surface area contributed by atoms with Crippen LogP contribution >= 0.6 is 0 Å². The van der Waals surface area contributed by atoms with Crippen LogP contribution < -0.4 is 0 Å². The van der Waals surface area contributed by atoms with Crippen molar-refractivity contribution in [2.75, 3.05) is 0 Å². The lowest BCUT2D eigenvalue weighted by molar-refractivity contribution is 1.07. The summed E-state index contributed by atoms with van der Waals surface area (Å²) in [6.45, 7) is 7.52. The summed E-state index contributed by atoms with van der Waals surface area (Å²) in [5.41, 5.74) is 10.1. The molecular formula is C44H28N4. The lowest BCUT2D eigenvalue weighted by Crippen LogP contribution is -2.00. The number of para-hydroxylation sites is 1. The van der Waals surface area contributed by atoms with Gasteiger partial charge >= 0.3 is 0 Å². The molecular weight excluding hydrogens is 585 g/mol. The molecule has 0 amide bonds. The zero-order valence-electron chi connectivity index (χ0n) is 26.0. The maximum atomic E-state index is 7.52. The third-order valence-corrected chi connectivity index (χ3v) is 8.59. The van der Waals surface area contributed by atoms with Crippen molar-refractivity contribution in [1.29, 1.82) is 0 Å². The van der Waals surface area contributed by atoms with Gasteiger partial charge < -0.3 is 0 Å². The molecule has 7 aromatic carbocycles. The van der Waals surface area contributed by atoms with Crippen molar-refractivity contribution in [2.24, 2.45) is 0 Å². The Hall–Kier alpha value is -6.70. The molecule has 48 heavy (non-hydrogen) atoms. The predicted molar refractivity (Wildman–Crippen MR) is 196 cm³/mol. The Kier molecular flexibility index (Phi) is 7.54. The monoisotopic (exact) mass is 612 g/mol. The van der Waals surface area contributed by atoms with Crippen LogP contribution in [0.4, 0.5) is 5.69 Å². The van der Waals surface area contributed by atoms with Gasteiger partial charge in [0, 0.05) is 16.7 Å². The minimum Gasteiger partial charge on any atom is -0.238 e. The van der Waals surface area contributed by atoms with E-state index in [4.69, 9.17) is 21.5 Å². The second-order valence-corrected chi connectivity index (χ2v) is 11.6. The van der Waals surface area contributed by atoms with E-state index in [2.05, 4.69) is 89.8 Å². The lowest BCUT2D eigenvalue weighted by Gasteiger charge is -2.11. The molecule has 8 aromatic rings. The Morgan fingerprint density at radius 2 is 0.812 bits per heavy atom. The van der Waals surface area contributed by atoms with Gasteiger partial charge in [-0.1, -0.05) is 164 Å². The van der Waals surface area contributed by atoms with Gasteiger partial charge in [0.1, 0.15) is 0 Å². The number of nitrogens with zero attached hydrogens (tertiary/aromatic N) is 4. The van der Waals surface area contributed by atoms with Gasteiger partial charge in [0.2, 0.25) is 0 Å². The molecule has 1 aromatic heterocycles. The highest BCUT2D eigenvalue weighted by Crippen LogP contribution is 2.35. The lowest BCUT2D eigenvalue weighted by atomic mass is 9.94. The molecule has 0 aliphatic carbocycles. The van der Waals surface area contributed by atoms with Crippen molar-refractivity contribution in [3.63, 3.8) is 0 Å². The summed E-state index contributed by atoms with van der Waals surface area (Å²) in [4.78, 5) is 18.3. The van der Waals surface area contributed by atoms with E-state index in [1.165, 1.54) is 16.3 Å². The normalized spacial score (nSPS) is 10.9. The standard InChI is InChI=1S/C44H28N4/c1-45-41-18-9-8-16-40(41)32-23-21-31(22-24-32)38-17-10-15-37-29-36(27-28-39(37)38)30-19-25-35(26-20-30)44-47-42(33-11-4-2-5-12-33)46-43(48-44)34-13-6-3-7-14-34/h2-29H. The van der Waals surface area contributed by atoms with Crippen molar-refractivity contribution in [3.05, 3.63) is 181 Å². The van der Waals surface area contributed by atoms with Crippen LogP contribution in [0.5, 0.6) is 0 Å². The van der Waals surface area contributed by atoms with E-state index in [9.17, 15) is 0 Å². The molecule has 0 spiro atoms. The van der Waals surface area contributed by atoms with Gasteiger partial charge in [-0.2, -0.15) is 0 Å². The minimum absolute atomic E-state index is 0.640. The third-order valence-electron chi connectivity index (χ3n) is 8.59. The fourth-order valence-electron chi connectivity index (χ4n) is 6.11. The summed E-state index contributed by atoms with van der Waals surface area (Å²) in [6, 6.07) is 57.8. The second kappa shape index (κ2) is 12.6. The fourth-order valence-corrected chi connectivity index (χ4v) is 6.11. The van der Waals surface area contributed by atoms with Crippen LogP contribution in [0.1, 0.15) is 0 Å². The minimum atomic E-state index is 0.640. The summed E-state index contributed by atoms with van der Waals surface area (Å²) in [5, 5.41) is 2.37. The zero-order chi connectivity index (χ0) is 32.3. The van der Waals surface area contributed by atoms with Gasteiger partial charge in [-0.3, -0.25) is 0 Å². The largest absolute Gasteiger partial charge is 0.238 e. The molecule has 0 radical (unpaired) electrons. The second-order valence-electron chi connectivity index (χ2n) is 11.6. The Balaban J connectivity index is 1.11. The molecule has 0 aliphatic rings. The number of hydrogen-bond acceptors (Lipinski definition) is 3. The molecule has 0 bridgehead atoms. The summed E-state index contributed by atoms with van der Waals surface area (Å²) >= 11 is 0. The average Bonchev–Trinajstić information content (AvgIpc) is 3.18. The third kappa shape index (κ3) is 5.62. The first-order chi connectivity index (χ1) is 23.7. The van der Waals surface area contributed by atoms with Gasteiger partial charge in [-0.15, -0.1) is 0 Å². The highest BCUT2D eigenvalue weighted by atomic mass is 15.0. The van der Waals surface area contributed by atoms with E-state index in [0.29, 0.717) is 23.2 Å². The number of rotatable bonds is 6. The first kappa shape index (κ1) is 28.8. The maximum absolute atomic E-state index is 7.52. The van der Waals surface area contributed by atoms with E-state index in [1.54, 1.807) is 0 Å². The highest BCUT2D eigenvalue weighted by molar-refractivity contribution is 5.99. The van der Waals surface area contributed by atoms with Gasteiger partial charge in [-0.25, -0.2) is 19.8 Å². The van der Waals surface area contributed by atoms with Gasteiger partial charge in [0.25, 0.3) is 0 Å². The Morgan fingerprint density at radius 3 is 1.42 bits per heavy atom. The fraction of sp³-hybridized carbons (Fsp3) is 0. The van der Waals surface area contributed by atoms with E-state index in [-0.39, 0.29) is 0 Å². The first-order valence-electron chi connectivity index (χ1n) is 15.8. The Bertz CT molecular complexity index is 2370.